The van der Waals surface area contributed by atoms with Crippen LogP contribution in [0.4, 0.5) is 0 Å². The zero-order valence-corrected chi connectivity index (χ0v) is 27.0. The van der Waals surface area contributed by atoms with Crippen LogP contribution in [0.2, 0.25) is 36.3 Å². The Morgan fingerprint density at radius 3 is 2.08 bits per heavy atom. The molecule has 5 nitrogen and oxygen atoms in total. The van der Waals surface area contributed by atoms with E-state index < -0.39 is 16.6 Å². The Balaban J connectivity index is 2.47. The van der Waals surface area contributed by atoms with Gasteiger partial charge in [0, 0.05) is 18.0 Å². The van der Waals surface area contributed by atoms with Crippen LogP contribution in [-0.2, 0) is 18.4 Å². The van der Waals surface area contributed by atoms with Gasteiger partial charge in [0.25, 0.3) is 0 Å². The normalized spacial score (nSPS) is 15.2. The van der Waals surface area contributed by atoms with E-state index in [2.05, 4.69) is 103 Å². The van der Waals surface area contributed by atoms with Crippen molar-refractivity contribution < 1.29 is 18.4 Å². The Kier molecular flexibility index (Phi) is 10.5. The lowest BCUT2D eigenvalue weighted by molar-refractivity contribution is -0.140. The first-order chi connectivity index (χ1) is 17.0. The number of ether oxygens (including phenoxy) is 1. The first-order valence-corrected chi connectivity index (χ1v) is 19.2. The molecule has 0 aliphatic rings. The number of aromatic nitrogens is 1. The van der Waals surface area contributed by atoms with E-state index in [4.69, 9.17) is 13.6 Å². The molecule has 2 atom stereocenters. The summed E-state index contributed by atoms with van der Waals surface area (Å²) in [5.41, 5.74) is 0.892. The average molecular weight is 544 g/mol. The van der Waals surface area contributed by atoms with Crippen molar-refractivity contribution >= 4 is 39.5 Å². The maximum absolute atomic E-state index is 11.9. The van der Waals surface area contributed by atoms with Gasteiger partial charge in [0.2, 0.25) is 0 Å². The summed E-state index contributed by atoms with van der Waals surface area (Å²) in [5.74, 6) is -0.191. The molecule has 1 heterocycles. The van der Waals surface area contributed by atoms with Gasteiger partial charge in [0.05, 0.1) is 25.0 Å². The largest absolute Gasteiger partial charge is 0.469 e. The molecular weight excluding hydrogens is 495 g/mol. The Labute approximate surface area is 227 Å². The second kappa shape index (κ2) is 12.4. The first kappa shape index (κ1) is 31.4. The second-order valence-corrected chi connectivity index (χ2v) is 22.6. The molecule has 0 aliphatic heterocycles. The van der Waals surface area contributed by atoms with E-state index in [0.717, 1.165) is 22.9 Å². The summed E-state index contributed by atoms with van der Waals surface area (Å²) in [6, 6.07) is 10.4. The van der Waals surface area contributed by atoms with E-state index >= 15 is 0 Å². The van der Waals surface area contributed by atoms with Gasteiger partial charge in [0.1, 0.15) is 0 Å². The van der Waals surface area contributed by atoms with E-state index in [1.165, 1.54) is 7.11 Å². The monoisotopic (exact) mass is 543 g/mol. The lowest BCUT2D eigenvalue weighted by Gasteiger charge is -2.44. The number of benzene rings is 1. The topological polar surface area (TPSA) is 57.7 Å². The number of fused-ring (bicyclic) bond motifs is 1. The summed E-state index contributed by atoms with van der Waals surface area (Å²) < 4.78 is 18.9. The molecule has 0 saturated carbocycles. The third-order valence-corrected chi connectivity index (χ3v) is 17.0. The van der Waals surface area contributed by atoms with Gasteiger partial charge in [-0.1, -0.05) is 71.9 Å². The summed E-state index contributed by atoms with van der Waals surface area (Å²) in [7, 11) is -2.80. The van der Waals surface area contributed by atoms with E-state index in [9.17, 15) is 4.79 Å². The summed E-state index contributed by atoms with van der Waals surface area (Å²) >= 11 is 0. The molecule has 206 valence electrons. The molecule has 1 aromatic carbocycles. The molecule has 0 spiro atoms. The second-order valence-electron chi connectivity index (χ2n) is 13.0. The van der Waals surface area contributed by atoms with Gasteiger partial charge in [0.15, 0.2) is 16.6 Å². The van der Waals surface area contributed by atoms with Crippen molar-refractivity contribution in [1.82, 2.24) is 4.98 Å². The summed E-state index contributed by atoms with van der Waals surface area (Å²) in [6.45, 7) is 22.6. The number of carbonyl (C=O) groups excluding carboxylic acids is 1. The number of nitrogens with zero attached hydrogens (tertiary/aromatic N) is 1. The smallest absolute Gasteiger partial charge is 0.305 e. The molecule has 0 aliphatic carbocycles. The summed E-state index contributed by atoms with van der Waals surface area (Å²) in [4.78, 5) is 16.6. The van der Waals surface area contributed by atoms with E-state index in [-0.39, 0.29) is 28.3 Å². The number of esters is 1. The van der Waals surface area contributed by atoms with Crippen molar-refractivity contribution in [3.8, 4) is 0 Å². The van der Waals surface area contributed by atoms with Crippen LogP contribution in [0.25, 0.3) is 16.8 Å². The molecule has 0 saturated heterocycles. The maximum atomic E-state index is 11.9. The molecule has 7 heteroatoms. The minimum atomic E-state index is -2.13. The van der Waals surface area contributed by atoms with Gasteiger partial charge in [-0.05, 0) is 66.6 Å². The lowest BCUT2D eigenvalue weighted by Crippen LogP contribution is -2.51. The fourth-order valence-electron chi connectivity index (χ4n) is 3.54. The number of methoxy groups -OCH3 is 1. The minimum Gasteiger partial charge on any atom is -0.469 e. The van der Waals surface area contributed by atoms with Crippen molar-refractivity contribution in [3.05, 3.63) is 48.3 Å². The number of rotatable bonds is 11. The van der Waals surface area contributed by atoms with Gasteiger partial charge in [-0.3, -0.25) is 9.78 Å². The van der Waals surface area contributed by atoms with Crippen LogP contribution in [0.3, 0.4) is 0 Å². The number of pyridine rings is 1. The quantitative estimate of drug-likeness (QED) is 0.210. The molecule has 0 bridgehead atoms. The van der Waals surface area contributed by atoms with Gasteiger partial charge >= 0.3 is 5.97 Å². The zero-order chi connectivity index (χ0) is 28.1. The Morgan fingerprint density at radius 2 is 1.51 bits per heavy atom. The lowest BCUT2D eigenvalue weighted by atomic mass is 10.1. The fraction of sp³-hybridized carbons (Fsp3) is 0.600. The highest BCUT2D eigenvalue weighted by Crippen LogP contribution is 2.41. The number of hydrogen-bond acceptors (Lipinski definition) is 5. The van der Waals surface area contributed by atoms with Gasteiger partial charge in [-0.25, -0.2) is 0 Å². The van der Waals surface area contributed by atoms with Crippen LogP contribution in [0.5, 0.6) is 0 Å². The molecule has 2 aromatic rings. The van der Waals surface area contributed by atoms with Crippen molar-refractivity contribution in [2.75, 3.05) is 7.11 Å². The van der Waals surface area contributed by atoms with E-state index in [0.29, 0.717) is 12.8 Å². The Hall–Kier alpha value is -1.81. The average Bonchev–Trinajstić information content (AvgIpc) is 2.79. The van der Waals surface area contributed by atoms with Gasteiger partial charge in [-0.15, -0.1) is 0 Å². The molecule has 0 radical (unpaired) electrons. The molecular formula is C30H49NO4Si2. The highest BCUT2D eigenvalue weighted by Gasteiger charge is 2.44. The molecule has 0 fully saturated rings. The van der Waals surface area contributed by atoms with Crippen molar-refractivity contribution in [3.63, 3.8) is 0 Å². The van der Waals surface area contributed by atoms with E-state index in [1.54, 1.807) is 0 Å². The van der Waals surface area contributed by atoms with Crippen LogP contribution in [0.15, 0.2) is 42.6 Å². The van der Waals surface area contributed by atoms with Gasteiger partial charge in [-0.2, -0.15) is 0 Å². The van der Waals surface area contributed by atoms with E-state index in [1.807, 2.05) is 18.3 Å². The van der Waals surface area contributed by atoms with Crippen LogP contribution < -0.4 is 0 Å². The van der Waals surface area contributed by atoms with Crippen LogP contribution in [0.1, 0.15) is 66.5 Å². The highest BCUT2D eigenvalue weighted by molar-refractivity contribution is 6.74. The number of carbonyl (C=O) groups is 1. The molecule has 0 amide bonds. The Morgan fingerprint density at radius 1 is 0.946 bits per heavy atom. The summed E-state index contributed by atoms with van der Waals surface area (Å²) in [5, 5.41) is 2.38. The van der Waals surface area contributed by atoms with Crippen molar-refractivity contribution in [2.45, 2.75) is 109 Å². The maximum Gasteiger partial charge on any atom is 0.305 e. The SMILES string of the molecule is COC(=O)CCCC(O[Si](C)(C)C(C)(C)C)[C@@H](/C=C/c1cc2ccccc2cn1)O[Si](C)(C)C(C)(C)C. The number of hydrogen-bond donors (Lipinski definition) is 0. The molecule has 2 rings (SSSR count). The standard InChI is InChI=1S/C30H49NO4Si2/c1-29(2,3)36(8,9)34-26(17-14-18-28(32)33-7)27(35-37(10,11)30(4,5)6)20-19-25-21-23-15-12-13-16-24(23)22-31-25/h12-13,15-16,19-22,26-27H,14,17-18H2,1-11H3/b20-19+/t26?,27-/m1/s1. The minimum absolute atomic E-state index is 0.0494. The summed E-state index contributed by atoms with van der Waals surface area (Å²) in [6.07, 6.45) is 7.47. The molecule has 37 heavy (non-hydrogen) atoms. The van der Waals surface area contributed by atoms with Crippen molar-refractivity contribution in [2.24, 2.45) is 0 Å². The van der Waals surface area contributed by atoms with Crippen LogP contribution in [-0.4, -0.2) is 46.9 Å². The molecule has 1 unspecified atom stereocenters. The fourth-order valence-corrected chi connectivity index (χ4v) is 6.16. The zero-order valence-electron chi connectivity index (χ0n) is 25.0. The third kappa shape index (κ3) is 8.87. The molecule has 0 N–H and O–H groups in total. The predicted octanol–water partition coefficient (Wildman–Crippen LogP) is 8.37. The third-order valence-electron chi connectivity index (χ3n) is 8.06. The first-order valence-electron chi connectivity index (χ1n) is 13.4. The predicted molar refractivity (Wildman–Crippen MR) is 161 cm³/mol. The van der Waals surface area contributed by atoms with Crippen molar-refractivity contribution in [1.29, 1.82) is 0 Å². The van der Waals surface area contributed by atoms with Crippen LogP contribution >= 0.6 is 0 Å². The highest BCUT2D eigenvalue weighted by atomic mass is 28.4. The Bertz CT molecular complexity index is 1070. The van der Waals surface area contributed by atoms with Gasteiger partial charge < -0.3 is 13.6 Å². The molecule has 1 aromatic heterocycles. The van der Waals surface area contributed by atoms with Crippen LogP contribution in [0, 0.1) is 0 Å².